The highest BCUT2D eigenvalue weighted by Gasteiger charge is 2.28. The van der Waals surface area contributed by atoms with E-state index in [9.17, 15) is 18.0 Å². The number of carbonyl (C=O) groups excluding carboxylic acids is 1. The van der Waals surface area contributed by atoms with Gasteiger partial charge in [-0.3, -0.25) is 4.79 Å². The highest BCUT2D eigenvalue weighted by atomic mass is 19.4. The van der Waals surface area contributed by atoms with E-state index >= 15 is 0 Å². The van der Waals surface area contributed by atoms with Crippen molar-refractivity contribution in [2.45, 2.75) is 6.18 Å². The Morgan fingerprint density at radius 2 is 1.94 bits per heavy atom. The van der Waals surface area contributed by atoms with Crippen molar-refractivity contribution >= 4 is 11.6 Å². The quantitative estimate of drug-likeness (QED) is 0.837. The first-order valence-electron chi connectivity index (χ1n) is 4.56. The normalized spacial score (nSPS) is 11.0. The second-order valence-electron chi connectivity index (χ2n) is 3.09. The summed E-state index contributed by atoms with van der Waals surface area (Å²) >= 11 is 0. The monoisotopic (exact) mass is 232 g/mol. The minimum atomic E-state index is -4.40. The fraction of sp³-hybridized carbons (Fsp3) is 0.300. The van der Waals surface area contributed by atoms with Crippen LogP contribution in [-0.2, 0) is 0 Å². The topological polar surface area (TPSA) is 41.1 Å². The maximum Gasteiger partial charge on any atom is 0.405 e. The van der Waals surface area contributed by atoms with Gasteiger partial charge in [-0.25, -0.2) is 0 Å². The van der Waals surface area contributed by atoms with Crippen LogP contribution >= 0.6 is 0 Å². The highest BCUT2D eigenvalue weighted by Crippen LogP contribution is 2.16. The van der Waals surface area contributed by atoms with Crippen molar-refractivity contribution in [3.63, 3.8) is 0 Å². The third-order valence-electron chi connectivity index (χ3n) is 1.89. The summed E-state index contributed by atoms with van der Waals surface area (Å²) < 4.78 is 35.7. The predicted molar refractivity (Wildman–Crippen MR) is 54.4 cm³/mol. The number of benzene rings is 1. The van der Waals surface area contributed by atoms with Crippen LogP contribution in [-0.4, -0.2) is 25.7 Å². The Morgan fingerprint density at radius 1 is 1.31 bits per heavy atom. The maximum absolute atomic E-state index is 11.9. The molecule has 0 spiro atoms. The summed E-state index contributed by atoms with van der Waals surface area (Å²) in [6.45, 7) is -1.33. The van der Waals surface area contributed by atoms with Crippen LogP contribution in [0.1, 0.15) is 10.4 Å². The number of amides is 1. The lowest BCUT2D eigenvalue weighted by atomic mass is 10.1. The Kier molecular flexibility index (Phi) is 3.76. The van der Waals surface area contributed by atoms with E-state index in [1.165, 1.54) is 6.07 Å². The Balaban J connectivity index is 2.73. The van der Waals surface area contributed by atoms with Gasteiger partial charge in [0.1, 0.15) is 6.54 Å². The van der Waals surface area contributed by atoms with E-state index in [-0.39, 0.29) is 5.56 Å². The molecule has 0 aliphatic heterocycles. The fourth-order valence-electron chi connectivity index (χ4n) is 1.17. The van der Waals surface area contributed by atoms with Gasteiger partial charge in [-0.05, 0) is 12.1 Å². The molecule has 1 aromatic carbocycles. The highest BCUT2D eigenvalue weighted by molar-refractivity contribution is 5.99. The molecule has 0 aliphatic rings. The molecule has 0 saturated carbocycles. The van der Waals surface area contributed by atoms with E-state index in [4.69, 9.17) is 0 Å². The number of hydrogen-bond donors (Lipinski definition) is 2. The molecule has 0 aliphatic carbocycles. The van der Waals surface area contributed by atoms with Gasteiger partial charge < -0.3 is 10.6 Å². The molecule has 2 N–H and O–H groups in total. The van der Waals surface area contributed by atoms with Crippen LogP contribution in [0.5, 0.6) is 0 Å². The van der Waals surface area contributed by atoms with Crippen molar-refractivity contribution in [2.24, 2.45) is 0 Å². The lowest BCUT2D eigenvalue weighted by molar-refractivity contribution is -0.123. The number of anilines is 1. The number of nitrogens with one attached hydrogen (secondary N) is 2. The average Bonchev–Trinajstić information content (AvgIpc) is 2.25. The van der Waals surface area contributed by atoms with Crippen molar-refractivity contribution in [3.8, 4) is 0 Å². The molecular weight excluding hydrogens is 221 g/mol. The molecule has 88 valence electrons. The number of carbonyl (C=O) groups is 1. The van der Waals surface area contributed by atoms with Gasteiger partial charge in [-0.2, -0.15) is 13.2 Å². The molecule has 0 aromatic heterocycles. The summed E-state index contributed by atoms with van der Waals surface area (Å²) in [5.41, 5.74) is 0.677. The molecule has 1 aromatic rings. The van der Waals surface area contributed by atoms with Crippen LogP contribution < -0.4 is 10.6 Å². The zero-order valence-corrected chi connectivity index (χ0v) is 8.56. The number of alkyl halides is 3. The standard InChI is InChI=1S/C10H11F3N2O/c1-14-8-5-3-2-4-7(8)9(16)15-6-10(11,12)13/h2-5,14H,6H2,1H3,(H,15,16). The molecule has 0 fully saturated rings. The molecule has 0 atom stereocenters. The van der Waals surface area contributed by atoms with Crippen LogP contribution in [0, 0.1) is 0 Å². The van der Waals surface area contributed by atoms with Crippen molar-refractivity contribution in [2.75, 3.05) is 18.9 Å². The van der Waals surface area contributed by atoms with Crippen LogP contribution in [0.4, 0.5) is 18.9 Å². The van der Waals surface area contributed by atoms with Crippen LogP contribution in [0.3, 0.4) is 0 Å². The maximum atomic E-state index is 11.9. The Bertz CT molecular complexity index is 377. The molecule has 16 heavy (non-hydrogen) atoms. The number of hydrogen-bond acceptors (Lipinski definition) is 2. The lowest BCUT2D eigenvalue weighted by Crippen LogP contribution is -2.34. The van der Waals surface area contributed by atoms with Crippen LogP contribution in [0.2, 0.25) is 0 Å². The Morgan fingerprint density at radius 3 is 2.50 bits per heavy atom. The molecule has 0 unspecified atom stereocenters. The van der Waals surface area contributed by atoms with Crippen LogP contribution in [0.25, 0.3) is 0 Å². The van der Waals surface area contributed by atoms with Crippen molar-refractivity contribution in [3.05, 3.63) is 29.8 Å². The van der Waals surface area contributed by atoms with E-state index in [0.717, 1.165) is 0 Å². The van der Waals surface area contributed by atoms with Crippen LogP contribution in [0.15, 0.2) is 24.3 Å². The van der Waals surface area contributed by atoms with Gasteiger partial charge >= 0.3 is 6.18 Å². The third-order valence-corrected chi connectivity index (χ3v) is 1.89. The molecule has 1 rings (SSSR count). The van der Waals surface area contributed by atoms with Crippen molar-refractivity contribution in [1.82, 2.24) is 5.32 Å². The van der Waals surface area contributed by atoms with Gasteiger partial charge in [0, 0.05) is 12.7 Å². The van der Waals surface area contributed by atoms with Gasteiger partial charge in [0.2, 0.25) is 0 Å². The van der Waals surface area contributed by atoms with Gasteiger partial charge in [-0.1, -0.05) is 12.1 Å². The summed E-state index contributed by atoms with van der Waals surface area (Å²) in [4.78, 5) is 11.4. The minimum absolute atomic E-state index is 0.189. The van der Waals surface area contributed by atoms with E-state index in [2.05, 4.69) is 5.32 Å². The Labute approximate surface area is 90.6 Å². The van der Waals surface area contributed by atoms with E-state index in [1.54, 1.807) is 25.2 Å². The second kappa shape index (κ2) is 4.87. The van der Waals surface area contributed by atoms with Crippen molar-refractivity contribution < 1.29 is 18.0 Å². The van der Waals surface area contributed by atoms with E-state index in [1.807, 2.05) is 5.32 Å². The van der Waals surface area contributed by atoms with E-state index in [0.29, 0.717) is 5.69 Å². The summed E-state index contributed by atoms with van der Waals surface area (Å²) in [6, 6.07) is 6.34. The first-order valence-corrected chi connectivity index (χ1v) is 4.56. The molecule has 0 saturated heterocycles. The molecule has 3 nitrogen and oxygen atoms in total. The smallest absolute Gasteiger partial charge is 0.387 e. The number of para-hydroxylation sites is 1. The SMILES string of the molecule is CNc1ccccc1C(=O)NCC(F)(F)F. The molecule has 0 bridgehead atoms. The minimum Gasteiger partial charge on any atom is -0.387 e. The second-order valence-corrected chi connectivity index (χ2v) is 3.09. The van der Waals surface area contributed by atoms with Gasteiger partial charge in [0.05, 0.1) is 5.56 Å². The summed E-state index contributed by atoms with van der Waals surface area (Å²) in [6.07, 6.45) is -4.40. The first-order chi connectivity index (χ1) is 7.44. The third kappa shape index (κ3) is 3.45. The predicted octanol–water partition coefficient (Wildman–Crippen LogP) is 2.02. The zero-order chi connectivity index (χ0) is 12.2. The van der Waals surface area contributed by atoms with E-state index < -0.39 is 18.6 Å². The largest absolute Gasteiger partial charge is 0.405 e. The summed E-state index contributed by atoms with van der Waals surface area (Å²) in [5.74, 6) is -0.748. The Hall–Kier alpha value is -1.72. The molecular formula is C10H11F3N2O. The zero-order valence-electron chi connectivity index (χ0n) is 8.56. The number of halogens is 3. The van der Waals surface area contributed by atoms with Gasteiger partial charge in [0.25, 0.3) is 5.91 Å². The molecule has 1 amide bonds. The molecule has 0 radical (unpaired) electrons. The molecule has 0 heterocycles. The fourth-order valence-corrected chi connectivity index (χ4v) is 1.17. The number of rotatable bonds is 3. The van der Waals surface area contributed by atoms with Gasteiger partial charge in [-0.15, -0.1) is 0 Å². The van der Waals surface area contributed by atoms with Gasteiger partial charge in [0.15, 0.2) is 0 Å². The summed E-state index contributed by atoms with van der Waals surface area (Å²) in [7, 11) is 1.59. The van der Waals surface area contributed by atoms with Crippen molar-refractivity contribution in [1.29, 1.82) is 0 Å². The first kappa shape index (κ1) is 12.4. The molecule has 6 heteroatoms. The lowest BCUT2D eigenvalue weighted by Gasteiger charge is -2.11. The summed E-state index contributed by atoms with van der Waals surface area (Å²) in [5, 5.41) is 4.54. The average molecular weight is 232 g/mol.